The molecule has 0 spiro atoms. The molecule has 0 aliphatic carbocycles. The number of ether oxygens (including phenoxy) is 16. The molecule has 15 rings (SSSR count). The van der Waals surface area contributed by atoms with Crippen molar-refractivity contribution in [1.82, 2.24) is 0 Å². The van der Waals surface area contributed by atoms with E-state index in [2.05, 4.69) is 303 Å². The van der Waals surface area contributed by atoms with Gasteiger partial charge in [-0.3, -0.25) is 0 Å². The molecule has 0 saturated heterocycles. The van der Waals surface area contributed by atoms with Crippen LogP contribution in [-0.4, -0.2) is 318 Å². The zero-order valence-electron chi connectivity index (χ0n) is 73.0. The Kier molecular flexibility index (Phi) is 65.9. The summed E-state index contributed by atoms with van der Waals surface area (Å²) in [4.78, 5) is 0. The molecule has 20 heteroatoms. The number of rotatable bonds is 36. The second kappa shape index (κ2) is 72.6. The van der Waals surface area contributed by atoms with Crippen LogP contribution in [0.1, 0.15) is 0 Å². The van der Waals surface area contributed by atoms with E-state index in [-0.39, 0.29) is 136 Å². The minimum atomic E-state index is 0. The van der Waals surface area contributed by atoms with Gasteiger partial charge >= 0.3 is 0 Å². The zero-order chi connectivity index (χ0) is 83.2. The summed E-state index contributed by atoms with van der Waals surface area (Å²) in [6.45, 7) is 15.1. The molecule has 0 aliphatic heterocycles. The van der Waals surface area contributed by atoms with Crippen molar-refractivity contribution >= 4 is 210 Å². The summed E-state index contributed by atoms with van der Waals surface area (Å²) in [6, 6.07) is 107. The largest absolute Gasteiger partial charge is 0.382 e. The summed E-state index contributed by atoms with van der Waals surface area (Å²) in [5.74, 6) is 0. The minimum absolute atomic E-state index is 0. The number of methoxy groups -OCH3 is 8. The van der Waals surface area contributed by atoms with Crippen LogP contribution in [0.5, 0.6) is 0 Å². The van der Waals surface area contributed by atoms with Gasteiger partial charge in [0.2, 0.25) is 0 Å². The molecule has 4 radical (unpaired) electrons. The number of fused-ring (bicyclic) bond motifs is 10. The molecule has 122 heavy (non-hydrogen) atoms. The van der Waals surface area contributed by atoms with Gasteiger partial charge in [0.1, 0.15) is 0 Å². The van der Waals surface area contributed by atoms with Crippen LogP contribution in [-0.2, 0) is 109 Å². The Morgan fingerprint density at radius 1 is 0.123 bits per heavy atom. The van der Waals surface area contributed by atoms with Crippen LogP contribution in [0.3, 0.4) is 0 Å². The van der Waals surface area contributed by atoms with Crippen molar-refractivity contribution in [1.29, 1.82) is 0 Å². The SMILES string of the molecule is COCCOCCOCCOC.COCCOCCOCCOC.COCCOCCOCCOC.COCCOCCOCCOC.[Co].[Co].[K].[K].c1ccc2cc3ccccc3cc2c1.c1ccc2cc3ccccc3cc2c1.c1ccc2cc3ccccc3cc2c1.c1ccc2cc3ccccc3cc2c1.c1ccc2cc3ccccc3cc2c1. The first kappa shape index (κ1) is 111. The first-order valence-electron chi connectivity index (χ1n) is 40.2. The number of hydrogen-bond acceptors (Lipinski definition) is 16. The molecule has 0 bridgehead atoms. The predicted octanol–water partition coefficient (Wildman–Crippen LogP) is 20.4. The Hall–Kier alpha value is -5.45. The Morgan fingerprint density at radius 2 is 0.189 bits per heavy atom. The van der Waals surface area contributed by atoms with Gasteiger partial charge in [-0.15, -0.1) is 0 Å². The molecule has 0 heterocycles. The summed E-state index contributed by atoms with van der Waals surface area (Å²) >= 11 is 0. The fraction of sp³-hybridized carbons (Fsp3) is 0.314. The van der Waals surface area contributed by atoms with E-state index in [0.29, 0.717) is 159 Å². The van der Waals surface area contributed by atoms with Crippen LogP contribution in [0.2, 0.25) is 0 Å². The zero-order valence-corrected chi connectivity index (χ0v) is 81.4. The van der Waals surface area contributed by atoms with Crippen LogP contribution < -0.4 is 0 Å². The molecule has 0 atom stereocenters. The molecule has 0 amide bonds. The molecule has 15 aromatic rings. The smallest absolute Gasteiger partial charge is 0.0701 e. The molecular weight excluding hydrogens is 1680 g/mol. The summed E-state index contributed by atoms with van der Waals surface area (Å²) in [5, 5.41) is 26.2. The van der Waals surface area contributed by atoms with E-state index >= 15 is 0 Å². The van der Waals surface area contributed by atoms with Crippen LogP contribution in [0.25, 0.3) is 108 Å². The van der Waals surface area contributed by atoms with Crippen molar-refractivity contribution in [3.8, 4) is 0 Å². The van der Waals surface area contributed by atoms with Crippen LogP contribution >= 0.6 is 0 Å². The number of hydrogen-bond donors (Lipinski definition) is 0. The first-order valence-corrected chi connectivity index (χ1v) is 40.2. The Labute approximate surface area is 829 Å². The molecule has 0 aromatic heterocycles. The van der Waals surface area contributed by atoms with Crippen LogP contribution in [0.15, 0.2) is 303 Å². The predicted molar refractivity (Wildman–Crippen MR) is 500 cm³/mol. The van der Waals surface area contributed by atoms with E-state index in [1.54, 1.807) is 56.9 Å². The summed E-state index contributed by atoms with van der Waals surface area (Å²) in [5.41, 5.74) is 0. The van der Waals surface area contributed by atoms with E-state index in [1.165, 1.54) is 108 Å². The molecule has 0 unspecified atom stereocenters. The molecular formula is C102H122Co2K2O16. The third-order valence-corrected chi connectivity index (χ3v) is 18.0. The summed E-state index contributed by atoms with van der Waals surface area (Å²) < 4.78 is 79.7. The van der Waals surface area contributed by atoms with Gasteiger partial charge in [0, 0.05) is 193 Å². The van der Waals surface area contributed by atoms with Crippen LogP contribution in [0, 0.1) is 0 Å². The van der Waals surface area contributed by atoms with Gasteiger partial charge in [-0.05, 0) is 168 Å². The third kappa shape index (κ3) is 45.3. The normalized spacial score (nSPS) is 10.4. The van der Waals surface area contributed by atoms with Gasteiger partial charge in [-0.25, -0.2) is 0 Å². The summed E-state index contributed by atoms with van der Waals surface area (Å²) in [6.07, 6.45) is 0. The average molecular weight is 1800 g/mol. The Bertz CT molecular complexity index is 3840. The van der Waals surface area contributed by atoms with Crippen molar-refractivity contribution in [3.63, 3.8) is 0 Å². The van der Waals surface area contributed by atoms with Gasteiger partial charge < -0.3 is 75.8 Å². The monoisotopic (exact) mass is 1800 g/mol. The second-order valence-corrected chi connectivity index (χ2v) is 26.6. The van der Waals surface area contributed by atoms with Gasteiger partial charge in [-0.1, -0.05) is 243 Å². The maximum Gasteiger partial charge on any atom is 0.0701 e. The third-order valence-electron chi connectivity index (χ3n) is 18.0. The van der Waals surface area contributed by atoms with E-state index in [4.69, 9.17) is 75.8 Å². The van der Waals surface area contributed by atoms with Gasteiger partial charge in [0.25, 0.3) is 0 Å². The van der Waals surface area contributed by atoms with Crippen molar-refractivity contribution in [2.45, 2.75) is 0 Å². The van der Waals surface area contributed by atoms with Crippen molar-refractivity contribution in [2.75, 3.05) is 215 Å². The number of benzene rings is 15. The molecule has 0 N–H and O–H groups in total. The fourth-order valence-electron chi connectivity index (χ4n) is 11.8. The van der Waals surface area contributed by atoms with E-state index in [0.717, 1.165) is 0 Å². The van der Waals surface area contributed by atoms with E-state index in [9.17, 15) is 0 Å². The molecule has 0 fully saturated rings. The minimum Gasteiger partial charge on any atom is -0.382 e. The Balaban J connectivity index is 0.000000354. The maximum atomic E-state index is 5.16. The molecule has 16 nitrogen and oxygen atoms in total. The van der Waals surface area contributed by atoms with Crippen molar-refractivity contribution in [2.24, 2.45) is 0 Å². The molecule has 0 saturated carbocycles. The standard InChI is InChI=1S/5C14H10.4C8H18O4.2Co.2K/c5*1-2-6-12-10-14-8-4-3-7-13(14)9-11(12)5-1;4*1-9-3-5-11-7-8-12-6-4-10-2;;;;/h5*1-10H;4*3-8H2,1-2H3;;;;. The van der Waals surface area contributed by atoms with Gasteiger partial charge in [0.15, 0.2) is 0 Å². The maximum absolute atomic E-state index is 5.16. The summed E-state index contributed by atoms with van der Waals surface area (Å²) in [7, 11) is 13.2. The topological polar surface area (TPSA) is 148 Å². The average Bonchev–Trinajstić information content (AvgIpc) is 0.838. The first-order chi connectivity index (χ1) is 58.3. The molecule has 646 valence electrons. The quantitative estimate of drug-likeness (QED) is 0.0208. The van der Waals surface area contributed by atoms with Crippen molar-refractivity contribution < 1.29 is 109 Å². The second-order valence-electron chi connectivity index (χ2n) is 26.6. The molecule has 0 aliphatic rings. The van der Waals surface area contributed by atoms with Gasteiger partial charge in [0.05, 0.1) is 159 Å². The van der Waals surface area contributed by atoms with Crippen molar-refractivity contribution in [3.05, 3.63) is 303 Å². The fourth-order valence-corrected chi connectivity index (χ4v) is 11.8. The van der Waals surface area contributed by atoms with E-state index < -0.39 is 0 Å². The van der Waals surface area contributed by atoms with Gasteiger partial charge in [-0.2, -0.15) is 0 Å². The molecule has 15 aromatic carbocycles. The Morgan fingerprint density at radius 3 is 0.254 bits per heavy atom. The van der Waals surface area contributed by atoms with Crippen LogP contribution in [0.4, 0.5) is 0 Å². The van der Waals surface area contributed by atoms with E-state index in [1.807, 2.05) is 0 Å².